The second kappa shape index (κ2) is 9.35. The predicted octanol–water partition coefficient (Wildman–Crippen LogP) is 5.39. The fourth-order valence-corrected chi connectivity index (χ4v) is 5.27. The highest BCUT2D eigenvalue weighted by Crippen LogP contribution is 2.35. The largest absolute Gasteiger partial charge is 0.326 e. The molecule has 1 aliphatic carbocycles. The van der Waals surface area contributed by atoms with Crippen LogP contribution in [0, 0.1) is 5.92 Å². The zero-order chi connectivity index (χ0) is 21.1. The van der Waals surface area contributed by atoms with Crippen molar-refractivity contribution in [3.8, 4) is 0 Å². The molecule has 7 heteroatoms. The summed E-state index contributed by atoms with van der Waals surface area (Å²) in [6.45, 7) is 0. The van der Waals surface area contributed by atoms with Crippen LogP contribution in [-0.4, -0.2) is 23.0 Å². The minimum atomic E-state index is -0.441. The van der Waals surface area contributed by atoms with Crippen LogP contribution < -0.4 is 10.2 Å². The van der Waals surface area contributed by atoms with E-state index in [4.69, 9.17) is 0 Å². The number of benzene rings is 2. The van der Waals surface area contributed by atoms with E-state index in [-0.39, 0.29) is 30.1 Å². The van der Waals surface area contributed by atoms with Gasteiger partial charge in [0, 0.05) is 27.4 Å². The Bertz CT molecular complexity index is 940. The molecule has 1 saturated heterocycles. The molecule has 5 nitrogen and oxygen atoms in total. The smallest absolute Gasteiger partial charge is 0.247 e. The highest BCUT2D eigenvalue weighted by molar-refractivity contribution is 9.10. The van der Waals surface area contributed by atoms with E-state index in [2.05, 4.69) is 21.2 Å². The van der Waals surface area contributed by atoms with Crippen molar-refractivity contribution >= 4 is 56.8 Å². The van der Waals surface area contributed by atoms with E-state index in [9.17, 15) is 14.4 Å². The van der Waals surface area contributed by atoms with Crippen molar-refractivity contribution in [1.82, 2.24) is 0 Å². The number of carbonyl (C=O) groups excluding carboxylic acids is 3. The van der Waals surface area contributed by atoms with E-state index in [0.717, 1.165) is 40.7 Å². The molecule has 2 aromatic rings. The number of rotatable bonds is 5. The summed E-state index contributed by atoms with van der Waals surface area (Å²) in [5.74, 6) is -0.172. The molecule has 4 rings (SSSR count). The lowest BCUT2D eigenvalue weighted by Gasteiger charge is -2.20. The molecular weight excluding hydrogens is 464 g/mol. The van der Waals surface area contributed by atoms with E-state index >= 15 is 0 Å². The van der Waals surface area contributed by atoms with E-state index in [1.165, 1.54) is 23.1 Å². The summed E-state index contributed by atoms with van der Waals surface area (Å²) < 4.78 is 0.895. The van der Waals surface area contributed by atoms with Crippen LogP contribution in [0.15, 0.2) is 57.9 Å². The first-order chi connectivity index (χ1) is 14.5. The number of amides is 3. The monoisotopic (exact) mass is 486 g/mol. The number of carbonyl (C=O) groups is 3. The van der Waals surface area contributed by atoms with Crippen LogP contribution in [-0.2, 0) is 14.4 Å². The topological polar surface area (TPSA) is 66.5 Å². The Labute approximate surface area is 188 Å². The summed E-state index contributed by atoms with van der Waals surface area (Å²) in [6, 6.07) is 14.6. The van der Waals surface area contributed by atoms with E-state index in [1.54, 1.807) is 12.1 Å². The van der Waals surface area contributed by atoms with Crippen LogP contribution in [0.25, 0.3) is 0 Å². The lowest BCUT2D eigenvalue weighted by Crippen LogP contribution is -2.31. The summed E-state index contributed by atoms with van der Waals surface area (Å²) in [6.07, 6.45) is 5.58. The van der Waals surface area contributed by atoms with Gasteiger partial charge in [0.25, 0.3) is 0 Å². The number of nitrogens with one attached hydrogen (secondary N) is 1. The molecule has 0 bridgehead atoms. The van der Waals surface area contributed by atoms with Gasteiger partial charge in [0.2, 0.25) is 17.7 Å². The summed E-state index contributed by atoms with van der Waals surface area (Å²) in [4.78, 5) is 39.8. The molecule has 1 unspecified atom stereocenters. The number of anilines is 2. The van der Waals surface area contributed by atoms with Gasteiger partial charge in [0.15, 0.2) is 0 Å². The van der Waals surface area contributed by atoms with Gasteiger partial charge in [-0.15, -0.1) is 11.8 Å². The van der Waals surface area contributed by atoms with Crippen LogP contribution in [0.4, 0.5) is 11.4 Å². The van der Waals surface area contributed by atoms with Crippen LogP contribution >= 0.6 is 27.7 Å². The Hall–Kier alpha value is -2.12. The van der Waals surface area contributed by atoms with Crippen molar-refractivity contribution in [2.45, 2.75) is 48.7 Å². The zero-order valence-corrected chi connectivity index (χ0v) is 18.9. The van der Waals surface area contributed by atoms with Crippen molar-refractivity contribution in [3.63, 3.8) is 0 Å². The fourth-order valence-electron chi connectivity index (χ4n) is 3.95. The van der Waals surface area contributed by atoms with Gasteiger partial charge in [0.1, 0.15) is 0 Å². The quantitative estimate of drug-likeness (QED) is 0.575. The summed E-state index contributed by atoms with van der Waals surface area (Å²) in [5.41, 5.74) is 1.36. The summed E-state index contributed by atoms with van der Waals surface area (Å²) in [7, 11) is 0. The lowest BCUT2D eigenvalue weighted by molar-refractivity contribution is -0.122. The standard InChI is InChI=1S/C23H23BrN2O3S/c24-16-6-10-18(11-7-16)26-21(27)14-20(23(26)29)30-19-12-8-17(9-13-19)25-22(28)15-4-2-1-3-5-15/h6-13,15,20H,1-5,14H2,(H,25,28). The molecule has 1 atom stereocenters. The molecule has 3 amide bonds. The van der Waals surface area contributed by atoms with Gasteiger partial charge in [-0.1, -0.05) is 35.2 Å². The van der Waals surface area contributed by atoms with Gasteiger partial charge in [-0.2, -0.15) is 0 Å². The van der Waals surface area contributed by atoms with Crippen LogP contribution in [0.3, 0.4) is 0 Å². The van der Waals surface area contributed by atoms with Crippen molar-refractivity contribution in [1.29, 1.82) is 0 Å². The van der Waals surface area contributed by atoms with Crippen LogP contribution in [0.2, 0.25) is 0 Å². The highest BCUT2D eigenvalue weighted by atomic mass is 79.9. The highest BCUT2D eigenvalue weighted by Gasteiger charge is 2.40. The van der Waals surface area contributed by atoms with E-state index < -0.39 is 5.25 Å². The Kier molecular flexibility index (Phi) is 6.58. The molecule has 30 heavy (non-hydrogen) atoms. The van der Waals surface area contributed by atoms with E-state index in [1.807, 2.05) is 36.4 Å². The first kappa shape index (κ1) is 21.1. The normalized spacial score (nSPS) is 19.9. The minimum Gasteiger partial charge on any atom is -0.326 e. The Morgan fingerprint density at radius 1 is 0.967 bits per heavy atom. The van der Waals surface area contributed by atoms with Crippen LogP contribution in [0.1, 0.15) is 38.5 Å². The maximum Gasteiger partial charge on any atom is 0.247 e. The number of imide groups is 1. The number of nitrogens with zero attached hydrogens (tertiary/aromatic N) is 1. The number of hydrogen-bond acceptors (Lipinski definition) is 4. The third kappa shape index (κ3) is 4.78. The molecule has 1 saturated carbocycles. The summed E-state index contributed by atoms with van der Waals surface area (Å²) >= 11 is 4.75. The van der Waals surface area contributed by atoms with Gasteiger partial charge in [0.05, 0.1) is 10.9 Å². The Morgan fingerprint density at radius 2 is 1.63 bits per heavy atom. The molecule has 2 fully saturated rings. The second-order valence-electron chi connectivity index (χ2n) is 7.70. The zero-order valence-electron chi connectivity index (χ0n) is 16.5. The molecule has 2 aliphatic rings. The molecule has 1 N–H and O–H groups in total. The third-order valence-electron chi connectivity index (χ3n) is 5.57. The lowest BCUT2D eigenvalue weighted by atomic mass is 9.88. The molecule has 2 aromatic carbocycles. The maximum atomic E-state index is 12.8. The fraction of sp³-hybridized carbons (Fsp3) is 0.348. The third-order valence-corrected chi connectivity index (χ3v) is 7.29. The Balaban J connectivity index is 1.37. The predicted molar refractivity (Wildman–Crippen MR) is 123 cm³/mol. The van der Waals surface area contributed by atoms with Gasteiger partial charge < -0.3 is 5.32 Å². The van der Waals surface area contributed by atoms with Crippen molar-refractivity contribution in [3.05, 3.63) is 53.0 Å². The molecule has 0 radical (unpaired) electrons. The Morgan fingerprint density at radius 3 is 2.30 bits per heavy atom. The molecular formula is C23H23BrN2O3S. The van der Waals surface area contributed by atoms with Crippen LogP contribution in [0.5, 0.6) is 0 Å². The molecule has 156 valence electrons. The number of hydrogen-bond donors (Lipinski definition) is 1. The first-order valence-electron chi connectivity index (χ1n) is 10.2. The van der Waals surface area contributed by atoms with Gasteiger partial charge in [-0.3, -0.25) is 14.4 Å². The maximum absolute atomic E-state index is 12.8. The molecule has 0 aromatic heterocycles. The average Bonchev–Trinajstić information content (AvgIpc) is 3.04. The number of thioether (sulfide) groups is 1. The summed E-state index contributed by atoms with van der Waals surface area (Å²) in [5, 5.41) is 2.56. The van der Waals surface area contributed by atoms with Gasteiger partial charge >= 0.3 is 0 Å². The second-order valence-corrected chi connectivity index (χ2v) is 9.89. The molecule has 1 heterocycles. The van der Waals surface area contributed by atoms with Crippen molar-refractivity contribution in [2.75, 3.05) is 10.2 Å². The van der Waals surface area contributed by atoms with Crippen molar-refractivity contribution in [2.24, 2.45) is 5.92 Å². The number of halogens is 1. The first-order valence-corrected chi connectivity index (χ1v) is 11.9. The minimum absolute atomic E-state index is 0.0943. The van der Waals surface area contributed by atoms with Gasteiger partial charge in [-0.05, 0) is 61.4 Å². The SMILES string of the molecule is O=C(Nc1ccc(SC2CC(=O)N(c3ccc(Br)cc3)C2=O)cc1)C1CCCCC1. The van der Waals surface area contributed by atoms with Gasteiger partial charge in [-0.25, -0.2) is 4.90 Å². The average molecular weight is 487 g/mol. The molecule has 1 aliphatic heterocycles. The van der Waals surface area contributed by atoms with E-state index in [0.29, 0.717) is 5.69 Å². The molecule has 0 spiro atoms. The van der Waals surface area contributed by atoms with Crippen molar-refractivity contribution < 1.29 is 14.4 Å².